The van der Waals surface area contributed by atoms with Crippen LogP contribution in [-0.4, -0.2) is 41.5 Å². The maximum Gasteiger partial charge on any atom is 0.273 e. The Morgan fingerprint density at radius 1 is 1.23 bits per heavy atom. The van der Waals surface area contributed by atoms with Crippen LogP contribution in [0.25, 0.3) is 0 Å². The Kier molecular flexibility index (Phi) is 8.48. The lowest BCUT2D eigenvalue weighted by atomic mass is 10.1. The molecule has 0 unspecified atom stereocenters. The summed E-state index contributed by atoms with van der Waals surface area (Å²) in [6.45, 7) is 2.74. The molecular formula is C19H27ClN8O2. The van der Waals surface area contributed by atoms with Crippen molar-refractivity contribution in [1.82, 2.24) is 20.6 Å². The fourth-order valence-electron chi connectivity index (χ4n) is 2.64. The van der Waals surface area contributed by atoms with Crippen molar-refractivity contribution in [1.29, 1.82) is 0 Å². The summed E-state index contributed by atoms with van der Waals surface area (Å²) in [5.41, 5.74) is 18.2. The average Bonchev–Trinajstić information content (AvgIpc) is 2.73. The Morgan fingerprint density at radius 2 is 1.93 bits per heavy atom. The van der Waals surface area contributed by atoms with Crippen LogP contribution in [0.1, 0.15) is 35.8 Å². The number of carbonyl (C=O) groups is 1. The largest absolute Gasteiger partial charge is 0.497 e. The van der Waals surface area contributed by atoms with Gasteiger partial charge in [0.2, 0.25) is 0 Å². The monoisotopic (exact) mass is 434 g/mol. The minimum atomic E-state index is -0.501. The number of nitrogens with zero attached hydrogens (tertiary/aromatic N) is 3. The van der Waals surface area contributed by atoms with Crippen molar-refractivity contribution in [2.45, 2.75) is 32.4 Å². The van der Waals surface area contributed by atoms with Crippen LogP contribution in [0.5, 0.6) is 5.75 Å². The van der Waals surface area contributed by atoms with Gasteiger partial charge in [0.15, 0.2) is 28.4 Å². The van der Waals surface area contributed by atoms with Gasteiger partial charge in [-0.2, -0.15) is 0 Å². The van der Waals surface area contributed by atoms with Crippen molar-refractivity contribution in [2.75, 3.05) is 25.1 Å². The summed E-state index contributed by atoms with van der Waals surface area (Å²) >= 11 is 5.83. The molecule has 0 bridgehead atoms. The second kappa shape index (κ2) is 11.1. The summed E-state index contributed by atoms with van der Waals surface area (Å²) < 4.78 is 5.14. The fraction of sp³-hybridized carbons (Fsp3) is 0.368. The van der Waals surface area contributed by atoms with Crippen LogP contribution in [0.2, 0.25) is 5.15 Å². The summed E-state index contributed by atoms with van der Waals surface area (Å²) in [7, 11) is 1.62. The van der Waals surface area contributed by atoms with Gasteiger partial charge in [-0.15, -0.1) is 0 Å². The standard InChI is InChI=1S/C19H27ClN8O2/c1-3-4-12(10-24-18(29)14-16(21)28-17(22)15(20)27-14)26-19(23)25-9-11-5-7-13(30-2)8-6-11/h5-8,12H,3-4,9-10H2,1-2H3,(H,24,29)(H4,21,22,28)(H3,23,25,26)/t12-/m0/s1. The highest BCUT2D eigenvalue weighted by Crippen LogP contribution is 2.17. The number of methoxy groups -OCH3 is 1. The number of nitrogen functional groups attached to an aromatic ring is 2. The summed E-state index contributed by atoms with van der Waals surface area (Å²) in [5, 5.41) is 5.81. The molecule has 0 fully saturated rings. The number of halogens is 1. The van der Waals surface area contributed by atoms with E-state index in [-0.39, 0.29) is 41.0 Å². The van der Waals surface area contributed by atoms with E-state index < -0.39 is 5.91 Å². The lowest BCUT2D eigenvalue weighted by molar-refractivity contribution is 0.0945. The minimum absolute atomic E-state index is 0.0305. The molecule has 10 nitrogen and oxygen atoms in total. The maximum atomic E-state index is 12.4. The summed E-state index contributed by atoms with van der Waals surface area (Å²) in [5.74, 6) is 0.444. The molecule has 1 aromatic heterocycles. The maximum absolute atomic E-state index is 12.4. The number of hydrogen-bond acceptors (Lipinski definition) is 7. The van der Waals surface area contributed by atoms with Gasteiger partial charge in [-0.3, -0.25) is 4.79 Å². The molecule has 2 aromatic rings. The van der Waals surface area contributed by atoms with E-state index in [0.29, 0.717) is 6.54 Å². The van der Waals surface area contributed by atoms with Crippen LogP contribution in [0.15, 0.2) is 29.3 Å². The number of benzene rings is 1. The van der Waals surface area contributed by atoms with Crippen molar-refractivity contribution in [3.63, 3.8) is 0 Å². The third-order valence-electron chi connectivity index (χ3n) is 4.21. The average molecular weight is 435 g/mol. The Balaban J connectivity index is 1.94. The molecule has 0 saturated heterocycles. The molecule has 1 atom stereocenters. The first-order chi connectivity index (χ1) is 14.3. The molecular weight excluding hydrogens is 408 g/mol. The normalized spacial score (nSPS) is 12.3. The molecule has 0 spiro atoms. The molecule has 0 saturated carbocycles. The first-order valence-corrected chi connectivity index (χ1v) is 9.77. The highest BCUT2D eigenvalue weighted by atomic mass is 35.5. The molecule has 0 aliphatic heterocycles. The number of hydrogen-bond donors (Lipinski definition) is 5. The van der Waals surface area contributed by atoms with Crippen LogP contribution in [0.3, 0.4) is 0 Å². The molecule has 0 aliphatic rings. The SMILES string of the molecule is CCC[C@@H](CNC(=O)c1nc(Cl)c(N)nc1N)NC(N)=NCc1ccc(OC)cc1. The zero-order valence-electron chi connectivity index (χ0n) is 17.0. The van der Waals surface area contributed by atoms with Gasteiger partial charge in [-0.25, -0.2) is 15.0 Å². The van der Waals surface area contributed by atoms with Crippen LogP contribution in [0.4, 0.5) is 11.6 Å². The van der Waals surface area contributed by atoms with Crippen molar-refractivity contribution < 1.29 is 9.53 Å². The molecule has 1 heterocycles. The predicted octanol–water partition coefficient (Wildman–Crippen LogP) is 1.31. The van der Waals surface area contributed by atoms with E-state index in [0.717, 1.165) is 24.2 Å². The van der Waals surface area contributed by atoms with Gasteiger partial charge in [0.05, 0.1) is 13.7 Å². The molecule has 30 heavy (non-hydrogen) atoms. The number of aliphatic imine (C=N–C) groups is 1. The van der Waals surface area contributed by atoms with Crippen molar-refractivity contribution in [3.05, 3.63) is 40.7 Å². The Morgan fingerprint density at radius 3 is 2.57 bits per heavy atom. The number of ether oxygens (including phenoxy) is 1. The number of amides is 1. The summed E-state index contributed by atoms with van der Waals surface area (Å²) in [4.78, 5) is 24.4. The Labute approximate surface area is 180 Å². The zero-order valence-corrected chi connectivity index (χ0v) is 17.7. The smallest absolute Gasteiger partial charge is 0.273 e. The molecule has 162 valence electrons. The molecule has 8 N–H and O–H groups in total. The fourth-order valence-corrected chi connectivity index (χ4v) is 2.77. The zero-order chi connectivity index (χ0) is 22.1. The van der Waals surface area contributed by atoms with E-state index in [1.54, 1.807) is 7.11 Å². The summed E-state index contributed by atoms with van der Waals surface area (Å²) in [6.07, 6.45) is 1.65. The van der Waals surface area contributed by atoms with Crippen molar-refractivity contribution in [2.24, 2.45) is 10.7 Å². The third kappa shape index (κ3) is 6.66. The van der Waals surface area contributed by atoms with Crippen LogP contribution < -0.4 is 32.6 Å². The second-order valence-corrected chi connectivity index (χ2v) is 6.88. The molecule has 0 radical (unpaired) electrons. The van der Waals surface area contributed by atoms with E-state index in [9.17, 15) is 4.79 Å². The highest BCUT2D eigenvalue weighted by Gasteiger charge is 2.17. The Hall–Kier alpha value is -3.27. The van der Waals surface area contributed by atoms with Gasteiger partial charge >= 0.3 is 0 Å². The van der Waals surface area contributed by atoms with Crippen LogP contribution in [0, 0.1) is 0 Å². The van der Waals surface area contributed by atoms with Crippen molar-refractivity contribution >= 4 is 35.1 Å². The van der Waals surface area contributed by atoms with Gasteiger partial charge in [0.25, 0.3) is 5.91 Å². The third-order valence-corrected chi connectivity index (χ3v) is 4.49. The van der Waals surface area contributed by atoms with E-state index in [2.05, 4.69) is 25.6 Å². The molecule has 1 aromatic carbocycles. The molecule has 2 rings (SSSR count). The molecule has 0 aliphatic carbocycles. The van der Waals surface area contributed by atoms with Gasteiger partial charge < -0.3 is 32.6 Å². The van der Waals surface area contributed by atoms with Crippen LogP contribution in [-0.2, 0) is 6.54 Å². The van der Waals surface area contributed by atoms with E-state index in [1.807, 2.05) is 31.2 Å². The number of nitrogens with one attached hydrogen (secondary N) is 2. The van der Waals surface area contributed by atoms with Gasteiger partial charge in [-0.05, 0) is 24.1 Å². The molecule has 11 heteroatoms. The number of nitrogens with two attached hydrogens (primary N) is 3. The number of anilines is 2. The van der Waals surface area contributed by atoms with E-state index in [1.165, 1.54) is 0 Å². The second-order valence-electron chi connectivity index (χ2n) is 6.52. The van der Waals surface area contributed by atoms with Gasteiger partial charge in [-0.1, -0.05) is 37.1 Å². The number of aromatic nitrogens is 2. The van der Waals surface area contributed by atoms with Crippen molar-refractivity contribution in [3.8, 4) is 5.75 Å². The lowest BCUT2D eigenvalue weighted by Gasteiger charge is -2.19. The number of rotatable bonds is 9. The van der Waals surface area contributed by atoms with Gasteiger partial charge in [0.1, 0.15) is 5.75 Å². The van der Waals surface area contributed by atoms with Crippen LogP contribution >= 0.6 is 11.6 Å². The number of carbonyl (C=O) groups excluding carboxylic acids is 1. The first-order valence-electron chi connectivity index (χ1n) is 9.40. The number of guanidine groups is 1. The lowest BCUT2D eigenvalue weighted by Crippen LogP contribution is -2.46. The minimum Gasteiger partial charge on any atom is -0.497 e. The summed E-state index contributed by atoms with van der Waals surface area (Å²) in [6, 6.07) is 7.44. The predicted molar refractivity (Wildman–Crippen MR) is 118 cm³/mol. The topological polar surface area (TPSA) is 167 Å². The van der Waals surface area contributed by atoms with E-state index >= 15 is 0 Å². The quantitative estimate of drug-likeness (QED) is 0.291. The first kappa shape index (κ1) is 23.0. The van der Waals surface area contributed by atoms with Gasteiger partial charge in [0, 0.05) is 12.6 Å². The van der Waals surface area contributed by atoms with E-state index in [4.69, 9.17) is 33.5 Å². The highest BCUT2D eigenvalue weighted by molar-refractivity contribution is 6.31. The molecule has 1 amide bonds. The Bertz CT molecular complexity index is 889.